The lowest BCUT2D eigenvalue weighted by molar-refractivity contribution is -0.126. The minimum absolute atomic E-state index is 0.0813. The smallest absolute Gasteiger partial charge is 0.271 e. The second kappa shape index (κ2) is 9.58. The number of carbonyl (C=O) groups is 3. The van der Waals surface area contributed by atoms with Crippen molar-refractivity contribution in [2.45, 2.75) is 36.6 Å². The minimum Gasteiger partial charge on any atom is -0.496 e. The molecule has 3 amide bonds. The van der Waals surface area contributed by atoms with Crippen LogP contribution >= 0.6 is 0 Å². The molecule has 0 spiro atoms. The zero-order valence-corrected chi connectivity index (χ0v) is 20.2. The van der Waals surface area contributed by atoms with Crippen molar-refractivity contribution in [1.29, 1.82) is 5.26 Å². The van der Waals surface area contributed by atoms with Crippen molar-refractivity contribution in [3.63, 3.8) is 0 Å². The number of likely N-dealkylation sites (tertiary alicyclic amines) is 1. The van der Waals surface area contributed by atoms with Gasteiger partial charge in [-0.3, -0.25) is 14.4 Å². The third-order valence-corrected chi connectivity index (χ3v) is 8.21. The van der Waals surface area contributed by atoms with E-state index >= 15 is 0 Å². The van der Waals surface area contributed by atoms with Gasteiger partial charge in [-0.05, 0) is 37.5 Å². The Morgan fingerprint density at radius 3 is 2.77 bits per heavy atom. The van der Waals surface area contributed by atoms with E-state index in [-0.39, 0.29) is 36.9 Å². The van der Waals surface area contributed by atoms with Crippen LogP contribution in [0, 0.1) is 17.2 Å². The highest BCUT2D eigenvalue weighted by Crippen LogP contribution is 2.29. The van der Waals surface area contributed by atoms with E-state index in [1.807, 2.05) is 6.07 Å². The number of sulfone groups is 1. The van der Waals surface area contributed by atoms with Crippen molar-refractivity contribution in [3.05, 3.63) is 30.0 Å². The number of aromatic amines is 1. The first-order valence-electron chi connectivity index (χ1n) is 11.3. The summed E-state index contributed by atoms with van der Waals surface area (Å²) < 4.78 is 29.9. The van der Waals surface area contributed by atoms with Gasteiger partial charge in [0.1, 0.15) is 23.5 Å². The summed E-state index contributed by atoms with van der Waals surface area (Å²) in [4.78, 5) is 42.7. The molecule has 4 rings (SSSR count). The lowest BCUT2D eigenvalue weighted by atomic mass is 9.99. The van der Waals surface area contributed by atoms with Crippen molar-refractivity contribution >= 4 is 38.5 Å². The van der Waals surface area contributed by atoms with E-state index in [4.69, 9.17) is 4.74 Å². The highest BCUT2D eigenvalue weighted by atomic mass is 32.2. The molecule has 2 fully saturated rings. The molecule has 2 aliphatic rings. The van der Waals surface area contributed by atoms with Crippen LogP contribution in [0.5, 0.6) is 5.75 Å². The largest absolute Gasteiger partial charge is 0.496 e. The SMILES string of the molecule is COc1cccc2[nH]c(C(=O)N3C[C@H](S(C)(=O)=O)C[C@H]3C(=O)N[C@H](C#N)C[C@@H]3CCNC3=O)cc12. The van der Waals surface area contributed by atoms with Crippen molar-refractivity contribution in [2.24, 2.45) is 5.92 Å². The summed E-state index contributed by atoms with van der Waals surface area (Å²) >= 11 is 0. The topological polar surface area (TPSA) is 161 Å². The molecule has 1 aromatic carbocycles. The fourth-order valence-electron chi connectivity index (χ4n) is 4.72. The summed E-state index contributed by atoms with van der Waals surface area (Å²) in [6, 6.07) is 6.88. The molecule has 0 bridgehead atoms. The Kier molecular flexibility index (Phi) is 6.71. The fraction of sp³-hybridized carbons (Fsp3) is 0.478. The molecule has 11 nitrogen and oxygen atoms in total. The number of amides is 3. The van der Waals surface area contributed by atoms with E-state index in [0.717, 1.165) is 6.26 Å². The molecular formula is C23H27N5O6S. The van der Waals surface area contributed by atoms with Gasteiger partial charge in [0.05, 0.1) is 18.4 Å². The van der Waals surface area contributed by atoms with Crippen molar-refractivity contribution in [3.8, 4) is 11.8 Å². The highest BCUT2D eigenvalue weighted by molar-refractivity contribution is 7.91. The van der Waals surface area contributed by atoms with Crippen LogP contribution in [0.15, 0.2) is 24.3 Å². The van der Waals surface area contributed by atoms with E-state index in [9.17, 15) is 28.1 Å². The number of rotatable bonds is 7. The maximum Gasteiger partial charge on any atom is 0.271 e. The summed E-state index contributed by atoms with van der Waals surface area (Å²) in [5.41, 5.74) is 0.850. The van der Waals surface area contributed by atoms with Crippen LogP contribution in [0.25, 0.3) is 10.9 Å². The monoisotopic (exact) mass is 501 g/mol. The molecule has 2 saturated heterocycles. The van der Waals surface area contributed by atoms with Gasteiger partial charge < -0.3 is 25.3 Å². The van der Waals surface area contributed by atoms with Gasteiger partial charge in [0.2, 0.25) is 11.8 Å². The lowest BCUT2D eigenvalue weighted by Gasteiger charge is -2.24. The maximum absolute atomic E-state index is 13.4. The second-order valence-corrected chi connectivity index (χ2v) is 11.3. The quantitative estimate of drug-likeness (QED) is 0.493. The van der Waals surface area contributed by atoms with E-state index in [1.165, 1.54) is 12.0 Å². The summed E-state index contributed by atoms with van der Waals surface area (Å²) in [6.07, 6.45) is 1.71. The van der Waals surface area contributed by atoms with Gasteiger partial charge >= 0.3 is 0 Å². The molecule has 1 aromatic heterocycles. The Balaban J connectivity index is 1.58. The number of nitrogens with one attached hydrogen (secondary N) is 3. The zero-order valence-electron chi connectivity index (χ0n) is 19.4. The number of ether oxygens (including phenoxy) is 1. The molecule has 12 heteroatoms. The van der Waals surface area contributed by atoms with E-state index in [1.54, 1.807) is 24.3 Å². The van der Waals surface area contributed by atoms with Crippen LogP contribution in [-0.2, 0) is 19.4 Å². The molecule has 0 aliphatic carbocycles. The molecule has 0 unspecified atom stereocenters. The summed E-state index contributed by atoms with van der Waals surface area (Å²) in [5.74, 6) is -1.13. The summed E-state index contributed by atoms with van der Waals surface area (Å²) in [7, 11) is -2.02. The number of carbonyl (C=O) groups excluding carboxylic acids is 3. The Hall–Kier alpha value is -3.59. The number of hydrogen-bond acceptors (Lipinski definition) is 7. The molecule has 4 atom stereocenters. The lowest BCUT2D eigenvalue weighted by Crippen LogP contribution is -2.49. The number of methoxy groups -OCH3 is 1. The van der Waals surface area contributed by atoms with Crippen LogP contribution in [-0.4, -0.2) is 79.8 Å². The van der Waals surface area contributed by atoms with E-state index in [2.05, 4.69) is 15.6 Å². The second-order valence-electron chi connectivity index (χ2n) is 8.97. The summed E-state index contributed by atoms with van der Waals surface area (Å²) in [6.45, 7) is 0.371. The third-order valence-electron chi connectivity index (χ3n) is 6.66. The van der Waals surface area contributed by atoms with E-state index in [0.29, 0.717) is 29.6 Å². The molecule has 3 heterocycles. The third kappa shape index (κ3) is 4.95. The Bertz CT molecular complexity index is 1310. The molecule has 3 N–H and O–H groups in total. The Morgan fingerprint density at radius 2 is 2.14 bits per heavy atom. The first kappa shape index (κ1) is 24.5. The predicted molar refractivity (Wildman–Crippen MR) is 126 cm³/mol. The molecule has 2 aromatic rings. The first-order valence-corrected chi connectivity index (χ1v) is 13.2. The summed E-state index contributed by atoms with van der Waals surface area (Å²) in [5, 5.41) is 14.6. The Labute approximate surface area is 202 Å². The standard InChI is InChI=1S/C23H27N5O6S/c1-34-20-5-3-4-17-16(20)10-18(27-17)23(31)28-12-15(35(2,32)33)9-19(28)22(30)26-14(11-24)8-13-6-7-25-21(13)29/h3-5,10,13-15,19,27H,6-9,12H2,1-2H3,(H,25,29)(H,26,30)/t13-,14-,15+,19-/m0/s1. The van der Waals surface area contributed by atoms with Gasteiger partial charge in [0.15, 0.2) is 9.84 Å². The van der Waals surface area contributed by atoms with Gasteiger partial charge in [-0.1, -0.05) is 6.07 Å². The number of nitriles is 1. The fourth-order valence-corrected chi connectivity index (χ4v) is 5.69. The molecule has 0 radical (unpaired) electrons. The normalized spacial score (nSPS) is 23.1. The van der Waals surface area contributed by atoms with Gasteiger partial charge in [-0.25, -0.2) is 8.42 Å². The number of aromatic nitrogens is 1. The maximum atomic E-state index is 13.4. The van der Waals surface area contributed by atoms with Crippen LogP contribution < -0.4 is 15.4 Å². The molecule has 0 saturated carbocycles. The van der Waals surface area contributed by atoms with E-state index < -0.39 is 39.0 Å². The molecule has 186 valence electrons. The number of benzene rings is 1. The van der Waals surface area contributed by atoms with Crippen molar-refractivity contribution in [2.75, 3.05) is 26.5 Å². The number of nitrogens with zero attached hydrogens (tertiary/aromatic N) is 2. The van der Waals surface area contributed by atoms with Crippen LogP contribution in [0.1, 0.15) is 29.8 Å². The highest BCUT2D eigenvalue weighted by Gasteiger charge is 2.44. The molecule has 2 aliphatic heterocycles. The van der Waals surface area contributed by atoms with Crippen molar-refractivity contribution < 1.29 is 27.5 Å². The Morgan fingerprint density at radius 1 is 1.37 bits per heavy atom. The van der Waals surface area contributed by atoms with Gasteiger partial charge in [-0.2, -0.15) is 5.26 Å². The minimum atomic E-state index is -3.53. The molecular weight excluding hydrogens is 474 g/mol. The van der Waals surface area contributed by atoms with Gasteiger partial charge in [0, 0.05) is 36.2 Å². The first-order chi connectivity index (χ1) is 16.6. The number of fused-ring (bicyclic) bond motifs is 1. The van der Waals surface area contributed by atoms with Crippen LogP contribution in [0.3, 0.4) is 0 Å². The zero-order chi connectivity index (χ0) is 25.3. The number of hydrogen-bond donors (Lipinski definition) is 3. The van der Waals surface area contributed by atoms with Crippen molar-refractivity contribution in [1.82, 2.24) is 20.5 Å². The van der Waals surface area contributed by atoms with Crippen LogP contribution in [0.4, 0.5) is 0 Å². The van der Waals surface area contributed by atoms with Gasteiger partial charge in [-0.15, -0.1) is 0 Å². The molecule has 35 heavy (non-hydrogen) atoms. The van der Waals surface area contributed by atoms with Gasteiger partial charge in [0.25, 0.3) is 5.91 Å². The predicted octanol–water partition coefficient (Wildman–Crippen LogP) is 0.339. The number of H-pyrrole nitrogens is 1. The average molecular weight is 502 g/mol. The average Bonchev–Trinajstić information content (AvgIpc) is 3.55. The van der Waals surface area contributed by atoms with Crippen LogP contribution in [0.2, 0.25) is 0 Å².